The Labute approximate surface area is 222 Å². The van der Waals surface area contributed by atoms with E-state index in [-0.39, 0.29) is 46.0 Å². The number of phenolic OH excluding ortho intramolecular Hbond substituents is 1. The Bertz CT molecular complexity index is 1540. The minimum atomic E-state index is -0.653. The van der Waals surface area contributed by atoms with Crippen LogP contribution in [0.1, 0.15) is 45.1 Å². The molecule has 37 heavy (non-hydrogen) atoms. The smallest absolute Gasteiger partial charge is 0.234 e. The van der Waals surface area contributed by atoms with Crippen LogP contribution in [0.4, 0.5) is 0 Å². The minimum Gasteiger partial charge on any atom is -0.507 e. The number of fused-ring (bicyclic) bond motifs is 4. The van der Waals surface area contributed by atoms with Gasteiger partial charge in [-0.25, -0.2) is 0 Å². The number of ketones is 2. The van der Waals surface area contributed by atoms with E-state index >= 15 is 0 Å². The zero-order chi connectivity index (χ0) is 26.4. The summed E-state index contributed by atoms with van der Waals surface area (Å²) >= 11 is 3.26. The summed E-state index contributed by atoms with van der Waals surface area (Å²) in [6, 6.07) is 10.8. The topological polar surface area (TPSA) is 91.8 Å². The predicted octanol–water partition coefficient (Wildman–Crippen LogP) is 5.11. The Hall–Kier alpha value is -3.32. The van der Waals surface area contributed by atoms with E-state index in [1.54, 1.807) is 12.1 Å². The van der Waals surface area contributed by atoms with Crippen LogP contribution in [0.15, 0.2) is 69.8 Å². The Balaban J connectivity index is 1.59. The average molecular weight is 560 g/mol. The molecule has 7 heteroatoms. The molecule has 1 aliphatic heterocycles. The summed E-state index contributed by atoms with van der Waals surface area (Å²) in [5.74, 6) is -2.74. The SMILES string of the molecule is CC(C)(C)N1C(=O)C2CC=C3C(c4ccc(O)c5ccccc45)C4=C(CC3C2C1=O)C(=O)C(Br)=CC4=O. The van der Waals surface area contributed by atoms with E-state index in [0.29, 0.717) is 23.0 Å². The van der Waals surface area contributed by atoms with Crippen molar-refractivity contribution in [2.24, 2.45) is 17.8 Å². The minimum absolute atomic E-state index is 0.129. The van der Waals surface area contributed by atoms with Gasteiger partial charge in [-0.1, -0.05) is 42.0 Å². The molecule has 6 rings (SSSR count). The monoisotopic (exact) mass is 559 g/mol. The summed E-state index contributed by atoms with van der Waals surface area (Å²) < 4.78 is 0.204. The fourth-order valence-electron chi connectivity index (χ4n) is 6.78. The third-order valence-electron chi connectivity index (χ3n) is 8.25. The fraction of sp³-hybridized carbons (Fsp3) is 0.333. The molecule has 188 valence electrons. The van der Waals surface area contributed by atoms with Gasteiger partial charge in [0.2, 0.25) is 11.8 Å². The second kappa shape index (κ2) is 8.09. The summed E-state index contributed by atoms with van der Waals surface area (Å²) in [5.41, 5.74) is 1.88. The van der Waals surface area contributed by atoms with Crippen molar-refractivity contribution < 1.29 is 24.3 Å². The number of hydrogen-bond donors (Lipinski definition) is 1. The first kappa shape index (κ1) is 24.0. The largest absolute Gasteiger partial charge is 0.507 e. The molecule has 0 bridgehead atoms. The number of nitrogens with zero attached hydrogens (tertiary/aromatic N) is 1. The number of phenols is 1. The van der Waals surface area contributed by atoms with Gasteiger partial charge in [-0.2, -0.15) is 0 Å². The molecule has 0 radical (unpaired) electrons. The van der Waals surface area contributed by atoms with Gasteiger partial charge in [-0.05, 0) is 72.5 Å². The van der Waals surface area contributed by atoms with E-state index in [4.69, 9.17) is 0 Å². The highest BCUT2D eigenvalue weighted by Gasteiger charge is 2.58. The van der Waals surface area contributed by atoms with Crippen molar-refractivity contribution in [3.63, 3.8) is 0 Å². The molecular formula is C30H26BrNO5. The Morgan fingerprint density at radius 1 is 0.946 bits per heavy atom. The molecule has 4 atom stereocenters. The molecule has 4 unspecified atom stereocenters. The lowest BCUT2D eigenvalue weighted by Crippen LogP contribution is -2.46. The van der Waals surface area contributed by atoms with E-state index in [9.17, 15) is 24.3 Å². The van der Waals surface area contributed by atoms with Crippen molar-refractivity contribution in [1.29, 1.82) is 0 Å². The van der Waals surface area contributed by atoms with Crippen LogP contribution in [0.3, 0.4) is 0 Å². The van der Waals surface area contributed by atoms with Crippen LogP contribution in [0, 0.1) is 17.8 Å². The third kappa shape index (κ3) is 3.36. The number of imide groups is 1. The van der Waals surface area contributed by atoms with E-state index < -0.39 is 23.3 Å². The van der Waals surface area contributed by atoms with Crippen LogP contribution in [0.25, 0.3) is 10.8 Å². The number of Topliss-reactive ketones (excluding diaryl/α,β-unsaturated/α-hetero) is 1. The Kier molecular flexibility index (Phi) is 5.26. The number of likely N-dealkylation sites (tertiary alicyclic amines) is 1. The number of hydrogen-bond acceptors (Lipinski definition) is 5. The summed E-state index contributed by atoms with van der Waals surface area (Å²) in [4.78, 5) is 55.4. The van der Waals surface area contributed by atoms with Gasteiger partial charge in [-0.3, -0.25) is 24.1 Å². The average Bonchev–Trinajstić information content (AvgIpc) is 3.12. The Morgan fingerprint density at radius 2 is 1.65 bits per heavy atom. The number of amides is 2. The summed E-state index contributed by atoms with van der Waals surface area (Å²) in [5, 5.41) is 12.0. The maximum absolute atomic E-state index is 13.8. The van der Waals surface area contributed by atoms with Gasteiger partial charge < -0.3 is 5.11 Å². The van der Waals surface area contributed by atoms with Gasteiger partial charge in [0, 0.05) is 34.1 Å². The van der Waals surface area contributed by atoms with Gasteiger partial charge >= 0.3 is 0 Å². The maximum Gasteiger partial charge on any atom is 0.234 e. The van der Waals surface area contributed by atoms with Crippen LogP contribution in [0.2, 0.25) is 0 Å². The zero-order valence-electron chi connectivity index (χ0n) is 20.7. The van der Waals surface area contributed by atoms with Crippen molar-refractivity contribution >= 4 is 50.1 Å². The number of allylic oxidation sites excluding steroid dienone is 6. The fourth-order valence-corrected chi connectivity index (χ4v) is 7.23. The third-order valence-corrected chi connectivity index (χ3v) is 8.84. The molecule has 4 aliphatic rings. The lowest BCUT2D eigenvalue weighted by molar-refractivity contribution is -0.145. The molecule has 6 nitrogen and oxygen atoms in total. The summed E-state index contributed by atoms with van der Waals surface area (Å²) in [6.07, 6.45) is 3.99. The zero-order valence-corrected chi connectivity index (χ0v) is 22.3. The van der Waals surface area contributed by atoms with E-state index in [1.807, 2.05) is 51.1 Å². The normalized spacial score (nSPS) is 27.7. The number of halogens is 1. The molecule has 1 saturated heterocycles. The first-order valence-electron chi connectivity index (χ1n) is 12.5. The van der Waals surface area contributed by atoms with Crippen LogP contribution < -0.4 is 0 Å². The number of benzene rings is 2. The Morgan fingerprint density at radius 3 is 2.35 bits per heavy atom. The van der Waals surface area contributed by atoms with Crippen molar-refractivity contribution in [1.82, 2.24) is 4.90 Å². The van der Waals surface area contributed by atoms with Gasteiger partial charge in [0.25, 0.3) is 0 Å². The molecule has 2 aromatic rings. The molecule has 1 fully saturated rings. The molecule has 0 spiro atoms. The molecule has 0 saturated carbocycles. The number of rotatable bonds is 1. The maximum atomic E-state index is 13.8. The summed E-state index contributed by atoms with van der Waals surface area (Å²) in [6.45, 7) is 5.56. The lowest BCUT2D eigenvalue weighted by atomic mass is 9.59. The van der Waals surface area contributed by atoms with Crippen molar-refractivity contribution in [2.75, 3.05) is 0 Å². The van der Waals surface area contributed by atoms with Crippen LogP contribution in [-0.2, 0) is 19.2 Å². The highest BCUT2D eigenvalue weighted by atomic mass is 79.9. The van der Waals surface area contributed by atoms with Crippen LogP contribution in [0.5, 0.6) is 5.75 Å². The van der Waals surface area contributed by atoms with Crippen molar-refractivity contribution in [3.8, 4) is 5.75 Å². The molecule has 2 aromatic carbocycles. The van der Waals surface area contributed by atoms with E-state index in [1.165, 1.54) is 11.0 Å². The van der Waals surface area contributed by atoms with Gasteiger partial charge in [-0.15, -0.1) is 0 Å². The number of carbonyl (C=O) groups is 4. The van der Waals surface area contributed by atoms with E-state index in [0.717, 1.165) is 16.5 Å². The lowest BCUT2D eigenvalue weighted by Gasteiger charge is -2.42. The first-order valence-corrected chi connectivity index (χ1v) is 13.3. The second-order valence-corrected chi connectivity index (χ2v) is 12.2. The summed E-state index contributed by atoms with van der Waals surface area (Å²) in [7, 11) is 0. The van der Waals surface area contributed by atoms with Gasteiger partial charge in [0.1, 0.15) is 5.75 Å². The number of carbonyl (C=O) groups excluding carboxylic acids is 4. The number of aromatic hydroxyl groups is 1. The molecule has 0 aromatic heterocycles. The highest BCUT2D eigenvalue weighted by Crippen LogP contribution is 2.56. The quantitative estimate of drug-likeness (QED) is 0.298. The standard InChI is InChI=1S/C30H26BrNO5/c1-30(2,3)32-28(36)18-9-8-17-19(25(18)29(32)37)12-20-26(23(34)13-21(31)27(20)35)24(17)16-10-11-22(33)15-7-5-4-6-14(15)16/h4-8,10-11,13,18-19,24-25,33H,9,12H2,1-3H3. The molecule has 2 amide bonds. The molecular weight excluding hydrogens is 534 g/mol. The predicted molar refractivity (Wildman–Crippen MR) is 142 cm³/mol. The van der Waals surface area contributed by atoms with Crippen LogP contribution in [-0.4, -0.2) is 38.9 Å². The second-order valence-electron chi connectivity index (χ2n) is 11.3. The van der Waals surface area contributed by atoms with Crippen LogP contribution >= 0.6 is 15.9 Å². The molecule has 3 aliphatic carbocycles. The van der Waals surface area contributed by atoms with Gasteiger partial charge in [0.15, 0.2) is 11.6 Å². The highest BCUT2D eigenvalue weighted by molar-refractivity contribution is 9.12. The molecule has 1 heterocycles. The van der Waals surface area contributed by atoms with E-state index in [2.05, 4.69) is 15.9 Å². The van der Waals surface area contributed by atoms with Gasteiger partial charge in [0.05, 0.1) is 16.3 Å². The van der Waals surface area contributed by atoms with Crippen molar-refractivity contribution in [2.45, 2.75) is 45.1 Å². The first-order chi connectivity index (χ1) is 17.5. The van der Waals surface area contributed by atoms with Crippen molar-refractivity contribution in [3.05, 3.63) is 75.3 Å². The molecule has 1 N–H and O–H groups in total.